The summed E-state index contributed by atoms with van der Waals surface area (Å²) in [6.45, 7) is 0. The van der Waals surface area contributed by atoms with Crippen LogP contribution in [-0.4, -0.2) is 20.2 Å². The highest BCUT2D eigenvalue weighted by atomic mass is 32.2. The molecular formula is C9H7FN2O2S. The van der Waals surface area contributed by atoms with Crippen LogP contribution < -0.4 is 5.32 Å². The lowest BCUT2D eigenvalue weighted by molar-refractivity contribution is 0.586. The van der Waals surface area contributed by atoms with Crippen LogP contribution in [0.4, 0.5) is 10.1 Å². The van der Waals surface area contributed by atoms with Crippen LogP contribution in [0.1, 0.15) is 0 Å². The number of rotatable bonds is 0. The predicted molar refractivity (Wildman–Crippen MR) is 51.5 cm³/mol. The maximum absolute atomic E-state index is 12.9. The highest BCUT2D eigenvalue weighted by Crippen LogP contribution is 2.28. The van der Waals surface area contributed by atoms with Gasteiger partial charge in [-0.25, -0.2) is 12.8 Å². The molecule has 0 aromatic heterocycles. The van der Waals surface area contributed by atoms with E-state index in [1.54, 1.807) is 0 Å². The van der Waals surface area contributed by atoms with E-state index in [2.05, 4.69) is 5.32 Å². The summed E-state index contributed by atoms with van der Waals surface area (Å²) in [6.07, 6.45) is 0. The van der Waals surface area contributed by atoms with E-state index in [0.717, 1.165) is 12.1 Å². The molecule has 1 atom stereocenters. The van der Waals surface area contributed by atoms with Gasteiger partial charge in [0.2, 0.25) is 0 Å². The van der Waals surface area contributed by atoms with Gasteiger partial charge in [0.25, 0.3) is 0 Å². The second kappa shape index (κ2) is 3.21. The Balaban J connectivity index is 2.62. The third-order valence-corrected chi connectivity index (χ3v) is 3.93. The lowest BCUT2D eigenvalue weighted by Crippen LogP contribution is -2.33. The minimum atomic E-state index is -3.55. The Hall–Kier alpha value is -1.61. The number of sulfone groups is 1. The highest BCUT2D eigenvalue weighted by molar-refractivity contribution is 7.91. The monoisotopic (exact) mass is 226 g/mol. The highest BCUT2D eigenvalue weighted by Gasteiger charge is 2.30. The van der Waals surface area contributed by atoms with Crippen LogP contribution in [0.5, 0.6) is 0 Å². The van der Waals surface area contributed by atoms with E-state index in [9.17, 15) is 12.8 Å². The number of fused-ring (bicyclic) bond motifs is 1. The molecule has 0 aliphatic carbocycles. The van der Waals surface area contributed by atoms with Crippen molar-refractivity contribution in [3.05, 3.63) is 24.0 Å². The topological polar surface area (TPSA) is 70.0 Å². The van der Waals surface area contributed by atoms with E-state index in [1.807, 2.05) is 6.07 Å². The number of halogens is 1. The molecule has 1 aliphatic rings. The van der Waals surface area contributed by atoms with Crippen molar-refractivity contribution in [1.82, 2.24) is 0 Å². The summed E-state index contributed by atoms with van der Waals surface area (Å²) in [7, 11) is -3.55. The fourth-order valence-corrected chi connectivity index (χ4v) is 3.01. The van der Waals surface area contributed by atoms with Crippen LogP contribution in [0.25, 0.3) is 0 Å². The smallest absolute Gasteiger partial charge is 0.183 e. The number of nitrogens with zero attached hydrogens (tertiary/aromatic N) is 1. The lowest BCUT2D eigenvalue weighted by atomic mass is 10.2. The number of nitrogens with one attached hydrogen (secondary N) is 1. The Morgan fingerprint density at radius 3 is 2.93 bits per heavy atom. The minimum absolute atomic E-state index is 0.0750. The number of nitriles is 1. The van der Waals surface area contributed by atoms with Crippen LogP contribution in [0.15, 0.2) is 23.1 Å². The SMILES string of the molecule is N#CC1CS(=O)(=O)c2cc(F)ccc2N1. The zero-order chi connectivity index (χ0) is 11.1. The summed E-state index contributed by atoms with van der Waals surface area (Å²) in [4.78, 5) is -0.0750. The Morgan fingerprint density at radius 2 is 2.27 bits per heavy atom. The predicted octanol–water partition coefficient (Wildman–Crippen LogP) is 0.917. The molecule has 1 aromatic rings. The molecule has 15 heavy (non-hydrogen) atoms. The third kappa shape index (κ3) is 1.66. The summed E-state index contributed by atoms with van der Waals surface area (Å²) < 4.78 is 36.1. The molecule has 1 N–H and O–H groups in total. The zero-order valence-corrected chi connectivity index (χ0v) is 8.38. The molecule has 0 saturated carbocycles. The van der Waals surface area contributed by atoms with Gasteiger partial charge in [0.05, 0.1) is 22.4 Å². The van der Waals surface area contributed by atoms with Crippen molar-refractivity contribution in [3.63, 3.8) is 0 Å². The van der Waals surface area contributed by atoms with Crippen LogP contribution in [0.2, 0.25) is 0 Å². The Kier molecular flexibility index (Phi) is 2.12. The van der Waals surface area contributed by atoms with Gasteiger partial charge in [0.15, 0.2) is 9.84 Å². The van der Waals surface area contributed by atoms with E-state index in [-0.39, 0.29) is 16.3 Å². The molecule has 1 aliphatic heterocycles. The van der Waals surface area contributed by atoms with Crippen molar-refractivity contribution in [1.29, 1.82) is 5.26 Å². The summed E-state index contributed by atoms with van der Waals surface area (Å²) in [6, 6.07) is 4.50. The van der Waals surface area contributed by atoms with Crippen LogP contribution >= 0.6 is 0 Å². The van der Waals surface area contributed by atoms with Gasteiger partial charge in [-0.2, -0.15) is 5.26 Å². The van der Waals surface area contributed by atoms with E-state index >= 15 is 0 Å². The van der Waals surface area contributed by atoms with E-state index in [0.29, 0.717) is 0 Å². The summed E-state index contributed by atoms with van der Waals surface area (Å²) in [5, 5.41) is 11.4. The van der Waals surface area contributed by atoms with Crippen molar-refractivity contribution in [2.75, 3.05) is 11.1 Å². The first-order valence-corrected chi connectivity index (χ1v) is 5.86. The first-order chi connectivity index (χ1) is 7.03. The van der Waals surface area contributed by atoms with Gasteiger partial charge in [-0.05, 0) is 18.2 Å². The maximum atomic E-state index is 12.9. The summed E-state index contributed by atoms with van der Waals surface area (Å²) in [5.41, 5.74) is 0.286. The first kappa shape index (κ1) is 9.93. The van der Waals surface area contributed by atoms with Crippen molar-refractivity contribution in [3.8, 4) is 6.07 Å². The summed E-state index contributed by atoms with van der Waals surface area (Å²) >= 11 is 0. The molecule has 1 unspecified atom stereocenters. The molecule has 0 fully saturated rings. The number of anilines is 1. The molecule has 0 amide bonds. The van der Waals surface area contributed by atoms with E-state index < -0.39 is 21.7 Å². The quantitative estimate of drug-likeness (QED) is 0.714. The van der Waals surface area contributed by atoms with Gasteiger partial charge in [-0.1, -0.05) is 0 Å². The molecule has 0 bridgehead atoms. The van der Waals surface area contributed by atoms with Gasteiger partial charge in [0.1, 0.15) is 11.9 Å². The molecule has 0 saturated heterocycles. The van der Waals surface area contributed by atoms with Gasteiger partial charge in [0, 0.05) is 0 Å². The van der Waals surface area contributed by atoms with E-state index in [1.165, 1.54) is 6.07 Å². The van der Waals surface area contributed by atoms with Crippen molar-refractivity contribution in [2.24, 2.45) is 0 Å². The first-order valence-electron chi connectivity index (χ1n) is 4.21. The van der Waals surface area contributed by atoms with Crippen LogP contribution in [-0.2, 0) is 9.84 Å². The van der Waals surface area contributed by atoms with Gasteiger partial charge in [-0.15, -0.1) is 0 Å². The Bertz CT molecular complexity index is 548. The molecule has 0 radical (unpaired) electrons. The van der Waals surface area contributed by atoms with Crippen molar-refractivity contribution in [2.45, 2.75) is 10.9 Å². The normalized spacial score (nSPS) is 22.3. The molecule has 78 valence electrons. The molecule has 4 nitrogen and oxygen atoms in total. The minimum Gasteiger partial charge on any atom is -0.368 e. The van der Waals surface area contributed by atoms with Crippen LogP contribution in [0, 0.1) is 17.1 Å². The Labute approximate surface area is 86.3 Å². The van der Waals surface area contributed by atoms with Gasteiger partial charge in [-0.3, -0.25) is 0 Å². The van der Waals surface area contributed by atoms with Gasteiger partial charge >= 0.3 is 0 Å². The van der Waals surface area contributed by atoms with Crippen LogP contribution in [0.3, 0.4) is 0 Å². The lowest BCUT2D eigenvalue weighted by Gasteiger charge is -2.22. The maximum Gasteiger partial charge on any atom is 0.183 e. The molecule has 2 rings (SSSR count). The standard InChI is InChI=1S/C9H7FN2O2S/c10-6-1-2-8-9(3-6)15(13,14)5-7(4-11)12-8/h1-3,7,12H,5H2. The summed E-state index contributed by atoms with van der Waals surface area (Å²) in [5.74, 6) is -0.922. The van der Waals surface area contributed by atoms with Gasteiger partial charge < -0.3 is 5.32 Å². The molecule has 0 spiro atoms. The second-order valence-corrected chi connectivity index (χ2v) is 5.25. The third-order valence-electron chi connectivity index (χ3n) is 2.15. The molecular weight excluding hydrogens is 219 g/mol. The average Bonchev–Trinajstić information content (AvgIpc) is 2.18. The fourth-order valence-electron chi connectivity index (χ4n) is 1.48. The zero-order valence-electron chi connectivity index (χ0n) is 7.57. The Morgan fingerprint density at radius 1 is 1.53 bits per heavy atom. The number of benzene rings is 1. The molecule has 1 heterocycles. The van der Waals surface area contributed by atoms with Crippen molar-refractivity contribution < 1.29 is 12.8 Å². The molecule has 6 heteroatoms. The van der Waals surface area contributed by atoms with Crippen molar-refractivity contribution >= 4 is 15.5 Å². The largest absolute Gasteiger partial charge is 0.368 e. The fraction of sp³-hybridized carbons (Fsp3) is 0.222. The molecule has 1 aromatic carbocycles. The average molecular weight is 226 g/mol. The second-order valence-electron chi connectivity index (χ2n) is 3.25. The number of hydrogen-bond donors (Lipinski definition) is 1. The van der Waals surface area contributed by atoms with E-state index in [4.69, 9.17) is 5.26 Å². The number of hydrogen-bond acceptors (Lipinski definition) is 4.